The fourth-order valence-corrected chi connectivity index (χ4v) is 4.26. The van der Waals surface area contributed by atoms with Crippen LogP contribution in [0.25, 0.3) is 0 Å². The third-order valence-electron chi connectivity index (χ3n) is 3.13. The molecule has 1 aromatic rings. The molecular formula is C12H18BrClN2O3S. The van der Waals surface area contributed by atoms with Gasteiger partial charge in [-0.15, -0.1) is 12.4 Å². The van der Waals surface area contributed by atoms with Crippen molar-refractivity contribution in [3.8, 4) is 0 Å². The van der Waals surface area contributed by atoms with E-state index in [0.29, 0.717) is 31.1 Å². The zero-order valence-corrected chi connectivity index (χ0v) is 14.3. The van der Waals surface area contributed by atoms with Gasteiger partial charge < -0.3 is 10.5 Å². The smallest absolute Gasteiger partial charge is 0.243 e. The highest BCUT2D eigenvalue weighted by Crippen LogP contribution is 2.25. The van der Waals surface area contributed by atoms with Crippen LogP contribution in [0.15, 0.2) is 27.6 Å². The molecule has 20 heavy (non-hydrogen) atoms. The molecule has 2 N–H and O–H groups in total. The average molecular weight is 386 g/mol. The Bertz CT molecular complexity index is 568. The zero-order chi connectivity index (χ0) is 14.0. The van der Waals surface area contributed by atoms with Crippen LogP contribution >= 0.6 is 28.3 Å². The van der Waals surface area contributed by atoms with Gasteiger partial charge in [0.05, 0.1) is 17.6 Å². The summed E-state index contributed by atoms with van der Waals surface area (Å²) in [6.45, 7) is 3.17. The standard InChI is InChI=1S/C12H17BrN2O3S.ClH/c1-9-2-3-10(13)6-12(9)19(16,17)15-4-5-18-11(7-14)8-15;/h2-3,6,11H,4-5,7-8,14H2,1H3;1H. The molecule has 0 aromatic heterocycles. The van der Waals surface area contributed by atoms with Gasteiger partial charge in [-0.1, -0.05) is 22.0 Å². The second kappa shape index (κ2) is 7.20. The van der Waals surface area contributed by atoms with Gasteiger partial charge in [0.2, 0.25) is 10.0 Å². The van der Waals surface area contributed by atoms with Gasteiger partial charge in [0, 0.05) is 24.1 Å². The summed E-state index contributed by atoms with van der Waals surface area (Å²) in [6, 6.07) is 5.26. The number of sulfonamides is 1. The van der Waals surface area contributed by atoms with Crippen LogP contribution in [0.2, 0.25) is 0 Å². The third-order valence-corrected chi connectivity index (χ3v) is 5.63. The number of morpholine rings is 1. The number of rotatable bonds is 3. The maximum atomic E-state index is 12.6. The topological polar surface area (TPSA) is 72.6 Å². The monoisotopic (exact) mass is 384 g/mol. The molecule has 0 bridgehead atoms. The molecule has 0 saturated carbocycles. The molecule has 1 atom stereocenters. The molecule has 1 aromatic carbocycles. The summed E-state index contributed by atoms with van der Waals surface area (Å²) < 4.78 is 32.9. The van der Waals surface area contributed by atoms with Gasteiger partial charge in [-0.25, -0.2) is 8.42 Å². The maximum absolute atomic E-state index is 12.6. The number of hydrogen-bond donors (Lipinski definition) is 1. The zero-order valence-electron chi connectivity index (χ0n) is 11.1. The van der Waals surface area contributed by atoms with E-state index in [4.69, 9.17) is 10.5 Å². The Kier molecular flexibility index (Phi) is 6.43. The van der Waals surface area contributed by atoms with Crippen LogP contribution in [0.5, 0.6) is 0 Å². The third kappa shape index (κ3) is 3.72. The molecule has 0 spiro atoms. The van der Waals surface area contributed by atoms with Gasteiger partial charge in [-0.05, 0) is 24.6 Å². The normalized spacial score (nSPS) is 20.4. The van der Waals surface area contributed by atoms with Gasteiger partial charge in [0.15, 0.2) is 0 Å². The largest absolute Gasteiger partial charge is 0.374 e. The summed E-state index contributed by atoms with van der Waals surface area (Å²) in [6.07, 6.45) is -0.226. The number of halogens is 2. The number of ether oxygens (including phenoxy) is 1. The van der Waals surface area contributed by atoms with Gasteiger partial charge in [0.1, 0.15) is 0 Å². The molecule has 1 unspecified atom stereocenters. The van der Waals surface area contributed by atoms with Gasteiger partial charge in [0.25, 0.3) is 0 Å². The molecule has 2 rings (SSSR count). The first-order chi connectivity index (χ1) is 8.95. The van der Waals surface area contributed by atoms with Crippen molar-refractivity contribution in [2.45, 2.75) is 17.9 Å². The Labute approximate surface area is 134 Å². The van der Waals surface area contributed by atoms with E-state index in [1.54, 1.807) is 19.1 Å². The van der Waals surface area contributed by atoms with Crippen molar-refractivity contribution in [1.29, 1.82) is 0 Å². The number of nitrogens with zero attached hydrogens (tertiary/aromatic N) is 1. The van der Waals surface area contributed by atoms with Crippen LogP contribution < -0.4 is 5.73 Å². The van der Waals surface area contributed by atoms with Crippen molar-refractivity contribution in [3.05, 3.63) is 28.2 Å². The van der Waals surface area contributed by atoms with Gasteiger partial charge >= 0.3 is 0 Å². The Morgan fingerprint density at radius 1 is 1.50 bits per heavy atom. The molecule has 0 amide bonds. The summed E-state index contributed by atoms with van der Waals surface area (Å²) in [5.41, 5.74) is 6.28. The summed E-state index contributed by atoms with van der Waals surface area (Å²) in [7, 11) is -3.49. The van der Waals surface area contributed by atoms with Crippen molar-refractivity contribution >= 4 is 38.4 Å². The highest BCUT2D eigenvalue weighted by atomic mass is 79.9. The number of nitrogens with two attached hydrogens (primary N) is 1. The predicted molar refractivity (Wildman–Crippen MR) is 83.7 cm³/mol. The summed E-state index contributed by atoms with van der Waals surface area (Å²) >= 11 is 3.31. The lowest BCUT2D eigenvalue weighted by Crippen LogP contribution is -2.48. The summed E-state index contributed by atoms with van der Waals surface area (Å²) in [5.74, 6) is 0. The number of hydrogen-bond acceptors (Lipinski definition) is 4. The van der Waals surface area contributed by atoms with Crippen molar-refractivity contribution in [2.24, 2.45) is 5.73 Å². The van der Waals surface area contributed by atoms with Crippen molar-refractivity contribution in [1.82, 2.24) is 4.31 Å². The maximum Gasteiger partial charge on any atom is 0.243 e. The van der Waals surface area contributed by atoms with Crippen molar-refractivity contribution < 1.29 is 13.2 Å². The lowest BCUT2D eigenvalue weighted by molar-refractivity contribution is 0.00449. The SMILES string of the molecule is Cc1ccc(Br)cc1S(=O)(=O)N1CCOC(CN)C1.Cl. The van der Waals surface area contributed by atoms with Crippen molar-refractivity contribution in [2.75, 3.05) is 26.2 Å². The number of aryl methyl sites for hydroxylation is 1. The van der Waals surface area contributed by atoms with E-state index in [-0.39, 0.29) is 18.5 Å². The molecule has 1 heterocycles. The van der Waals surface area contributed by atoms with Crippen LogP contribution in [0.4, 0.5) is 0 Å². The summed E-state index contributed by atoms with van der Waals surface area (Å²) in [4.78, 5) is 0.333. The van der Waals surface area contributed by atoms with Crippen LogP contribution in [0.1, 0.15) is 5.56 Å². The Morgan fingerprint density at radius 2 is 2.20 bits per heavy atom. The minimum Gasteiger partial charge on any atom is -0.374 e. The molecule has 8 heteroatoms. The molecule has 1 aliphatic rings. The Balaban J connectivity index is 0.00000200. The van der Waals surface area contributed by atoms with Crippen LogP contribution in [-0.4, -0.2) is 45.1 Å². The molecule has 114 valence electrons. The van der Waals surface area contributed by atoms with E-state index < -0.39 is 10.0 Å². The first-order valence-corrected chi connectivity index (χ1v) is 8.26. The van der Waals surface area contributed by atoms with E-state index in [0.717, 1.165) is 10.0 Å². The Hall–Kier alpha value is -0.180. The van der Waals surface area contributed by atoms with Gasteiger partial charge in [-0.3, -0.25) is 0 Å². The first kappa shape index (κ1) is 17.9. The minimum atomic E-state index is -3.49. The van der Waals surface area contributed by atoms with E-state index in [2.05, 4.69) is 15.9 Å². The molecule has 1 fully saturated rings. The van der Waals surface area contributed by atoms with Crippen LogP contribution in [-0.2, 0) is 14.8 Å². The van der Waals surface area contributed by atoms with E-state index >= 15 is 0 Å². The molecular weight excluding hydrogens is 368 g/mol. The molecule has 5 nitrogen and oxygen atoms in total. The molecule has 1 saturated heterocycles. The highest BCUT2D eigenvalue weighted by molar-refractivity contribution is 9.10. The van der Waals surface area contributed by atoms with E-state index in [1.165, 1.54) is 4.31 Å². The van der Waals surface area contributed by atoms with Crippen LogP contribution in [0, 0.1) is 6.92 Å². The Morgan fingerprint density at radius 3 is 2.85 bits per heavy atom. The van der Waals surface area contributed by atoms with E-state index in [1.807, 2.05) is 6.07 Å². The van der Waals surface area contributed by atoms with Crippen molar-refractivity contribution in [3.63, 3.8) is 0 Å². The second-order valence-corrected chi connectivity index (χ2v) is 7.32. The van der Waals surface area contributed by atoms with E-state index in [9.17, 15) is 8.42 Å². The average Bonchev–Trinajstić information content (AvgIpc) is 2.41. The summed E-state index contributed by atoms with van der Waals surface area (Å²) in [5, 5.41) is 0. The molecule has 0 aliphatic carbocycles. The molecule has 0 radical (unpaired) electrons. The first-order valence-electron chi connectivity index (χ1n) is 6.03. The predicted octanol–water partition coefficient (Wildman–Crippen LogP) is 1.53. The quantitative estimate of drug-likeness (QED) is 0.856. The minimum absolute atomic E-state index is 0. The lowest BCUT2D eigenvalue weighted by atomic mass is 10.2. The number of benzene rings is 1. The fourth-order valence-electron chi connectivity index (χ4n) is 2.04. The lowest BCUT2D eigenvalue weighted by Gasteiger charge is -2.31. The fraction of sp³-hybridized carbons (Fsp3) is 0.500. The van der Waals surface area contributed by atoms with Crippen LogP contribution in [0.3, 0.4) is 0 Å². The molecule has 1 aliphatic heterocycles. The van der Waals surface area contributed by atoms with Gasteiger partial charge in [-0.2, -0.15) is 4.31 Å². The second-order valence-electron chi connectivity index (χ2n) is 4.50. The highest BCUT2D eigenvalue weighted by Gasteiger charge is 2.31.